The Hall–Kier alpha value is -3.26. The number of benzene rings is 2. The molecule has 1 amide bonds. The van der Waals surface area contributed by atoms with Crippen molar-refractivity contribution in [2.75, 3.05) is 7.11 Å². The van der Waals surface area contributed by atoms with Crippen molar-refractivity contribution in [3.63, 3.8) is 0 Å². The van der Waals surface area contributed by atoms with Gasteiger partial charge >= 0.3 is 0 Å². The van der Waals surface area contributed by atoms with Gasteiger partial charge in [-0.25, -0.2) is 0 Å². The van der Waals surface area contributed by atoms with Crippen LogP contribution in [0.15, 0.2) is 54.1 Å². The number of carbonyl (C=O) groups is 1. The van der Waals surface area contributed by atoms with E-state index in [2.05, 4.69) is 5.32 Å². The van der Waals surface area contributed by atoms with Crippen LogP contribution in [-0.2, 0) is 11.3 Å². The number of hydrogen-bond donors (Lipinski definition) is 2. The van der Waals surface area contributed by atoms with Crippen LogP contribution in [0.3, 0.4) is 0 Å². The highest BCUT2D eigenvalue weighted by Crippen LogP contribution is 2.27. The van der Waals surface area contributed by atoms with Crippen LogP contribution in [0, 0.1) is 11.3 Å². The van der Waals surface area contributed by atoms with Gasteiger partial charge in [-0.2, -0.15) is 5.26 Å². The number of nitriles is 1. The largest absolute Gasteiger partial charge is 0.504 e. The molecule has 0 saturated carbocycles. The molecule has 0 atom stereocenters. The first-order valence-corrected chi connectivity index (χ1v) is 6.95. The van der Waals surface area contributed by atoms with Crippen molar-refractivity contribution < 1.29 is 14.6 Å². The molecular formula is C18H16N2O3. The van der Waals surface area contributed by atoms with Gasteiger partial charge < -0.3 is 15.2 Å². The lowest BCUT2D eigenvalue weighted by atomic mass is 10.1. The second-order valence-corrected chi connectivity index (χ2v) is 4.77. The Morgan fingerprint density at radius 2 is 2.04 bits per heavy atom. The number of methoxy groups -OCH3 is 1. The molecule has 2 N–H and O–H groups in total. The standard InChI is InChI=1S/C18H16N2O3/c1-23-17-10-14(7-8-16(17)21)9-15(11-19)18(22)20-12-13-5-3-2-4-6-13/h2-10,21H,12H2,1H3,(H,20,22)/b15-9-. The summed E-state index contributed by atoms with van der Waals surface area (Å²) < 4.78 is 5.00. The highest BCUT2D eigenvalue weighted by molar-refractivity contribution is 6.01. The Labute approximate surface area is 134 Å². The molecule has 0 aliphatic carbocycles. The molecule has 0 bridgehead atoms. The fraction of sp³-hybridized carbons (Fsp3) is 0.111. The Kier molecular flexibility index (Phi) is 5.37. The van der Waals surface area contributed by atoms with Crippen LogP contribution >= 0.6 is 0 Å². The molecule has 0 heterocycles. The Morgan fingerprint density at radius 3 is 2.70 bits per heavy atom. The zero-order valence-corrected chi connectivity index (χ0v) is 12.6. The van der Waals surface area contributed by atoms with Crippen molar-refractivity contribution in [2.24, 2.45) is 0 Å². The second kappa shape index (κ2) is 7.66. The molecule has 0 fully saturated rings. The van der Waals surface area contributed by atoms with Crippen molar-refractivity contribution in [1.82, 2.24) is 5.32 Å². The molecule has 2 rings (SSSR count). The summed E-state index contributed by atoms with van der Waals surface area (Å²) in [5.41, 5.74) is 1.52. The molecule has 0 saturated heterocycles. The van der Waals surface area contributed by atoms with Crippen molar-refractivity contribution >= 4 is 12.0 Å². The normalized spacial score (nSPS) is 10.7. The molecule has 5 heteroatoms. The van der Waals surface area contributed by atoms with E-state index in [1.165, 1.54) is 19.3 Å². The molecule has 0 spiro atoms. The van der Waals surface area contributed by atoms with Gasteiger partial charge in [0.05, 0.1) is 7.11 Å². The number of phenolic OH excluding ortho intramolecular Hbond substituents is 1. The van der Waals surface area contributed by atoms with Gasteiger partial charge in [-0.15, -0.1) is 0 Å². The maximum absolute atomic E-state index is 12.1. The first-order chi connectivity index (χ1) is 11.1. The number of amides is 1. The van der Waals surface area contributed by atoms with Gasteiger partial charge in [-0.05, 0) is 29.3 Å². The van der Waals surface area contributed by atoms with Crippen molar-refractivity contribution in [3.8, 4) is 17.6 Å². The molecule has 23 heavy (non-hydrogen) atoms. The maximum Gasteiger partial charge on any atom is 0.262 e. The first-order valence-electron chi connectivity index (χ1n) is 6.95. The molecule has 0 aliphatic heterocycles. The molecule has 0 unspecified atom stereocenters. The lowest BCUT2D eigenvalue weighted by molar-refractivity contribution is -0.117. The summed E-state index contributed by atoms with van der Waals surface area (Å²) >= 11 is 0. The van der Waals surface area contributed by atoms with Crippen LogP contribution in [0.5, 0.6) is 11.5 Å². The SMILES string of the molecule is COc1cc(/C=C(/C#N)C(=O)NCc2ccccc2)ccc1O. The summed E-state index contributed by atoms with van der Waals surface area (Å²) in [5.74, 6) is -0.180. The summed E-state index contributed by atoms with van der Waals surface area (Å²) in [6.07, 6.45) is 1.45. The summed E-state index contributed by atoms with van der Waals surface area (Å²) in [6.45, 7) is 0.345. The smallest absolute Gasteiger partial charge is 0.262 e. The summed E-state index contributed by atoms with van der Waals surface area (Å²) in [5, 5.41) is 21.4. The highest BCUT2D eigenvalue weighted by atomic mass is 16.5. The summed E-state index contributed by atoms with van der Waals surface area (Å²) in [7, 11) is 1.43. The minimum absolute atomic E-state index is 0.00307. The zero-order chi connectivity index (χ0) is 16.7. The van der Waals surface area contributed by atoms with E-state index in [4.69, 9.17) is 4.74 Å². The molecular weight excluding hydrogens is 292 g/mol. The number of phenols is 1. The lowest BCUT2D eigenvalue weighted by Crippen LogP contribution is -2.23. The van der Waals surface area contributed by atoms with Crippen LogP contribution in [0.1, 0.15) is 11.1 Å². The van der Waals surface area contributed by atoms with Crippen LogP contribution < -0.4 is 10.1 Å². The number of ether oxygens (including phenoxy) is 1. The Bertz CT molecular complexity index is 762. The highest BCUT2D eigenvalue weighted by Gasteiger charge is 2.09. The van der Waals surface area contributed by atoms with Crippen molar-refractivity contribution in [2.45, 2.75) is 6.54 Å². The van der Waals surface area contributed by atoms with Gasteiger partial charge in [-0.3, -0.25) is 4.79 Å². The predicted molar refractivity (Wildman–Crippen MR) is 86.5 cm³/mol. The molecule has 5 nitrogen and oxygen atoms in total. The van der Waals surface area contributed by atoms with E-state index in [1.54, 1.807) is 12.1 Å². The van der Waals surface area contributed by atoms with Gasteiger partial charge in [0.15, 0.2) is 11.5 Å². The minimum atomic E-state index is -0.455. The quantitative estimate of drug-likeness (QED) is 0.657. The van der Waals surface area contributed by atoms with Gasteiger partial charge in [0, 0.05) is 6.54 Å². The molecule has 0 aromatic heterocycles. The Balaban J connectivity index is 2.12. The van der Waals surface area contributed by atoms with Crippen LogP contribution in [-0.4, -0.2) is 18.1 Å². The van der Waals surface area contributed by atoms with E-state index in [9.17, 15) is 15.2 Å². The molecule has 2 aromatic rings. The van der Waals surface area contributed by atoms with E-state index in [-0.39, 0.29) is 17.1 Å². The third-order valence-corrected chi connectivity index (χ3v) is 3.18. The van der Waals surface area contributed by atoms with E-state index >= 15 is 0 Å². The molecule has 0 radical (unpaired) electrons. The molecule has 2 aromatic carbocycles. The van der Waals surface area contributed by atoms with Crippen molar-refractivity contribution in [3.05, 3.63) is 65.2 Å². The maximum atomic E-state index is 12.1. The van der Waals surface area contributed by atoms with Gasteiger partial charge in [0.1, 0.15) is 11.6 Å². The van der Waals surface area contributed by atoms with E-state index in [0.717, 1.165) is 5.56 Å². The summed E-state index contributed by atoms with van der Waals surface area (Å²) in [4.78, 5) is 12.1. The van der Waals surface area contributed by atoms with E-state index in [0.29, 0.717) is 12.1 Å². The van der Waals surface area contributed by atoms with Crippen LogP contribution in [0.2, 0.25) is 0 Å². The fourth-order valence-corrected chi connectivity index (χ4v) is 1.97. The monoisotopic (exact) mass is 308 g/mol. The topological polar surface area (TPSA) is 82.3 Å². The van der Waals surface area contributed by atoms with E-state index < -0.39 is 5.91 Å². The fourth-order valence-electron chi connectivity index (χ4n) is 1.97. The average Bonchev–Trinajstić information content (AvgIpc) is 2.59. The number of aromatic hydroxyl groups is 1. The number of nitrogens with one attached hydrogen (secondary N) is 1. The van der Waals surface area contributed by atoms with Crippen LogP contribution in [0.4, 0.5) is 0 Å². The Morgan fingerprint density at radius 1 is 1.30 bits per heavy atom. The summed E-state index contributed by atoms with van der Waals surface area (Å²) in [6, 6.07) is 15.9. The zero-order valence-electron chi connectivity index (χ0n) is 12.6. The third-order valence-electron chi connectivity index (χ3n) is 3.18. The first kappa shape index (κ1) is 16.1. The minimum Gasteiger partial charge on any atom is -0.504 e. The third kappa shape index (κ3) is 4.35. The molecule has 116 valence electrons. The second-order valence-electron chi connectivity index (χ2n) is 4.77. The van der Waals surface area contributed by atoms with Crippen LogP contribution in [0.25, 0.3) is 6.08 Å². The molecule has 0 aliphatic rings. The predicted octanol–water partition coefficient (Wildman–Crippen LogP) is 2.62. The van der Waals surface area contributed by atoms with Gasteiger partial charge in [0.2, 0.25) is 0 Å². The number of carbonyl (C=O) groups excluding carboxylic acids is 1. The lowest BCUT2D eigenvalue weighted by Gasteiger charge is -2.06. The van der Waals surface area contributed by atoms with Crippen molar-refractivity contribution in [1.29, 1.82) is 5.26 Å². The van der Waals surface area contributed by atoms with Gasteiger partial charge in [-0.1, -0.05) is 36.4 Å². The van der Waals surface area contributed by atoms with Gasteiger partial charge in [0.25, 0.3) is 5.91 Å². The van der Waals surface area contributed by atoms with E-state index in [1.807, 2.05) is 36.4 Å². The average molecular weight is 308 g/mol. The number of rotatable bonds is 5. The number of nitrogens with zero attached hydrogens (tertiary/aromatic N) is 1. The number of hydrogen-bond acceptors (Lipinski definition) is 4.